The number of hydrogen-bond acceptors (Lipinski definition) is 1. The number of allylic oxidation sites excluding steroid dienone is 4. The molecule has 0 saturated heterocycles. The molecule has 0 spiro atoms. The molecule has 0 aliphatic carbocycles. The summed E-state index contributed by atoms with van der Waals surface area (Å²) in [5.74, 6) is 0. The Labute approximate surface area is 80.1 Å². The highest BCUT2D eigenvalue weighted by Crippen LogP contribution is 2.17. The Morgan fingerprint density at radius 2 is 2.15 bits per heavy atom. The van der Waals surface area contributed by atoms with E-state index < -0.39 is 0 Å². The van der Waals surface area contributed by atoms with Crippen molar-refractivity contribution in [1.82, 2.24) is 0 Å². The summed E-state index contributed by atoms with van der Waals surface area (Å²) < 4.78 is 5.33. The highest BCUT2D eigenvalue weighted by Gasteiger charge is 2.06. The van der Waals surface area contributed by atoms with Gasteiger partial charge in [-0.15, -0.1) is 0 Å². The van der Waals surface area contributed by atoms with E-state index in [4.69, 9.17) is 4.74 Å². The molecule has 13 heavy (non-hydrogen) atoms. The molecule has 0 bridgehead atoms. The molecule has 0 saturated carbocycles. The predicted molar refractivity (Wildman–Crippen MR) is 56.6 cm³/mol. The van der Waals surface area contributed by atoms with Gasteiger partial charge < -0.3 is 4.74 Å². The van der Waals surface area contributed by atoms with E-state index in [1.807, 2.05) is 25.2 Å². The summed E-state index contributed by atoms with van der Waals surface area (Å²) in [7, 11) is 0. The maximum Gasteiger partial charge on any atom is 0.0719 e. The van der Waals surface area contributed by atoms with Gasteiger partial charge in [0, 0.05) is 0 Å². The topological polar surface area (TPSA) is 9.23 Å². The average molecular weight is 176 g/mol. The van der Waals surface area contributed by atoms with Crippen molar-refractivity contribution in [2.24, 2.45) is 0 Å². The fourth-order valence-corrected chi connectivity index (χ4v) is 1.28. The third kappa shape index (κ3) is 3.03. The molecule has 0 N–H and O–H groups in total. The van der Waals surface area contributed by atoms with Gasteiger partial charge in [0.25, 0.3) is 0 Å². The molecule has 1 nitrogen and oxygen atoms in total. The van der Waals surface area contributed by atoms with Crippen LogP contribution in [-0.4, -0.2) is 13.2 Å². The molecule has 70 valence electrons. The first kappa shape index (κ1) is 10.0. The Morgan fingerprint density at radius 1 is 1.31 bits per heavy atom. The maximum atomic E-state index is 5.33. The third-order valence-corrected chi connectivity index (χ3v) is 2.03. The molecule has 0 aromatic rings. The van der Waals surface area contributed by atoms with Crippen LogP contribution in [-0.2, 0) is 4.74 Å². The van der Waals surface area contributed by atoms with Gasteiger partial charge in [-0.1, -0.05) is 37.0 Å². The summed E-state index contributed by atoms with van der Waals surface area (Å²) in [4.78, 5) is 0. The molecule has 1 heteroatoms. The molecule has 1 aliphatic heterocycles. The molecular weight excluding hydrogens is 160 g/mol. The van der Waals surface area contributed by atoms with Crippen molar-refractivity contribution in [3.8, 4) is 0 Å². The second-order valence-corrected chi connectivity index (χ2v) is 2.94. The van der Waals surface area contributed by atoms with Crippen molar-refractivity contribution >= 4 is 0 Å². The van der Waals surface area contributed by atoms with Crippen LogP contribution in [0.15, 0.2) is 48.1 Å². The van der Waals surface area contributed by atoms with E-state index in [1.165, 1.54) is 11.1 Å². The van der Waals surface area contributed by atoms with Gasteiger partial charge in [-0.25, -0.2) is 0 Å². The summed E-state index contributed by atoms with van der Waals surface area (Å²) in [6.45, 7) is 7.32. The van der Waals surface area contributed by atoms with Crippen LogP contribution in [0.1, 0.15) is 13.3 Å². The summed E-state index contributed by atoms with van der Waals surface area (Å²) in [5.41, 5.74) is 2.56. The fraction of sp³-hybridized carbons (Fsp3) is 0.333. The maximum absolute atomic E-state index is 5.33. The van der Waals surface area contributed by atoms with Crippen LogP contribution in [0.25, 0.3) is 0 Å². The minimum absolute atomic E-state index is 0.707. The minimum atomic E-state index is 0.707. The Bertz CT molecular complexity index is 256. The molecule has 0 atom stereocenters. The van der Waals surface area contributed by atoms with Gasteiger partial charge in [0.15, 0.2) is 0 Å². The highest BCUT2D eigenvalue weighted by atomic mass is 16.5. The smallest absolute Gasteiger partial charge is 0.0719 e. The van der Waals surface area contributed by atoms with Crippen molar-refractivity contribution < 1.29 is 4.74 Å². The van der Waals surface area contributed by atoms with Gasteiger partial charge in [0.05, 0.1) is 13.2 Å². The first-order chi connectivity index (χ1) is 6.38. The molecule has 1 rings (SSSR count). The second-order valence-electron chi connectivity index (χ2n) is 2.94. The van der Waals surface area contributed by atoms with Gasteiger partial charge >= 0.3 is 0 Å². The van der Waals surface area contributed by atoms with Crippen molar-refractivity contribution in [2.75, 3.05) is 13.2 Å². The molecule has 0 unspecified atom stereocenters. The van der Waals surface area contributed by atoms with Crippen LogP contribution in [0.2, 0.25) is 0 Å². The fourth-order valence-electron chi connectivity index (χ4n) is 1.28. The molecule has 0 fully saturated rings. The number of ether oxygens (including phenoxy) is 1. The van der Waals surface area contributed by atoms with Gasteiger partial charge in [-0.05, 0) is 24.5 Å². The Hall–Kier alpha value is -1.08. The Balaban J connectivity index is 2.72. The van der Waals surface area contributed by atoms with Crippen LogP contribution in [0.4, 0.5) is 0 Å². The van der Waals surface area contributed by atoms with E-state index in [-0.39, 0.29) is 0 Å². The first-order valence-electron chi connectivity index (χ1n) is 4.60. The molecule has 0 aromatic heterocycles. The van der Waals surface area contributed by atoms with Crippen molar-refractivity contribution in [3.63, 3.8) is 0 Å². The Morgan fingerprint density at radius 3 is 2.85 bits per heavy atom. The first-order valence-corrected chi connectivity index (χ1v) is 4.60. The van der Waals surface area contributed by atoms with E-state index in [1.54, 1.807) is 0 Å². The summed E-state index contributed by atoms with van der Waals surface area (Å²) >= 11 is 0. The predicted octanol–water partition coefficient (Wildman–Crippen LogP) is 3.02. The minimum Gasteiger partial charge on any atom is -0.376 e. The van der Waals surface area contributed by atoms with Crippen molar-refractivity contribution in [1.29, 1.82) is 0 Å². The lowest BCUT2D eigenvalue weighted by Crippen LogP contribution is -2.08. The molecule has 0 radical (unpaired) electrons. The van der Waals surface area contributed by atoms with Crippen molar-refractivity contribution in [2.45, 2.75) is 13.3 Å². The van der Waals surface area contributed by atoms with Gasteiger partial charge in [0.2, 0.25) is 0 Å². The van der Waals surface area contributed by atoms with Gasteiger partial charge in [-0.3, -0.25) is 0 Å². The molecule has 1 heterocycles. The van der Waals surface area contributed by atoms with Crippen LogP contribution in [0.3, 0.4) is 0 Å². The average Bonchev–Trinajstić information content (AvgIpc) is 2.19. The third-order valence-electron chi connectivity index (χ3n) is 2.03. The van der Waals surface area contributed by atoms with Gasteiger partial charge in [-0.2, -0.15) is 0 Å². The zero-order chi connectivity index (χ0) is 9.52. The van der Waals surface area contributed by atoms with Crippen LogP contribution >= 0.6 is 0 Å². The quantitative estimate of drug-likeness (QED) is 0.600. The largest absolute Gasteiger partial charge is 0.376 e. The van der Waals surface area contributed by atoms with E-state index in [2.05, 4.69) is 18.7 Å². The van der Waals surface area contributed by atoms with Crippen molar-refractivity contribution in [3.05, 3.63) is 48.1 Å². The second kappa shape index (κ2) is 5.55. The van der Waals surface area contributed by atoms with E-state index in [0.717, 1.165) is 13.0 Å². The molecule has 1 aliphatic rings. The van der Waals surface area contributed by atoms with E-state index in [0.29, 0.717) is 6.61 Å². The zero-order valence-electron chi connectivity index (χ0n) is 8.12. The van der Waals surface area contributed by atoms with Crippen LogP contribution in [0.5, 0.6) is 0 Å². The summed E-state index contributed by atoms with van der Waals surface area (Å²) in [6, 6.07) is 0. The molecule has 0 amide bonds. The molecular formula is C12H16O. The van der Waals surface area contributed by atoms with E-state index in [9.17, 15) is 0 Å². The SMILES string of the molecule is C=CC1=C(/C=C\C=C\C)CCOC1. The van der Waals surface area contributed by atoms with Gasteiger partial charge in [0.1, 0.15) is 0 Å². The lowest BCUT2D eigenvalue weighted by molar-refractivity contribution is 0.150. The lowest BCUT2D eigenvalue weighted by Gasteiger charge is -2.15. The highest BCUT2D eigenvalue weighted by molar-refractivity contribution is 5.35. The standard InChI is InChI=1S/C12H16O/c1-3-5-6-7-12-8-9-13-10-11(12)4-2/h3-7H,2,8-10H2,1H3/b5-3+,7-6-. The van der Waals surface area contributed by atoms with Crippen LogP contribution in [0, 0.1) is 0 Å². The Kier molecular flexibility index (Phi) is 4.27. The normalized spacial score (nSPS) is 18.8. The number of rotatable bonds is 3. The summed E-state index contributed by atoms with van der Waals surface area (Å²) in [5, 5.41) is 0. The number of hydrogen-bond donors (Lipinski definition) is 0. The zero-order valence-corrected chi connectivity index (χ0v) is 8.12. The molecule has 0 aromatic carbocycles. The van der Waals surface area contributed by atoms with Crippen LogP contribution < -0.4 is 0 Å². The lowest BCUT2D eigenvalue weighted by atomic mass is 10.0. The monoisotopic (exact) mass is 176 g/mol. The summed E-state index contributed by atoms with van der Waals surface area (Å²) in [6.07, 6.45) is 11.1. The van der Waals surface area contributed by atoms with E-state index >= 15 is 0 Å².